The molecule has 2 unspecified atom stereocenters. The molecule has 15 heavy (non-hydrogen) atoms. The van der Waals surface area contributed by atoms with E-state index in [9.17, 15) is 4.79 Å². The molecule has 0 spiro atoms. The third-order valence-corrected chi connectivity index (χ3v) is 3.81. The van der Waals surface area contributed by atoms with Crippen molar-refractivity contribution in [2.24, 2.45) is 5.92 Å². The maximum absolute atomic E-state index is 12.0. The molecule has 0 aromatic rings. The van der Waals surface area contributed by atoms with Crippen LogP contribution in [0.1, 0.15) is 40.0 Å². The first-order chi connectivity index (χ1) is 7.15. The van der Waals surface area contributed by atoms with E-state index in [1.165, 1.54) is 0 Å². The van der Waals surface area contributed by atoms with Gasteiger partial charge in [-0.3, -0.25) is 4.79 Å². The molecule has 1 amide bonds. The molecule has 3 nitrogen and oxygen atoms in total. The molecule has 0 aliphatic carbocycles. The molecule has 0 bridgehead atoms. The van der Waals surface area contributed by atoms with Crippen molar-refractivity contribution < 1.29 is 4.79 Å². The first-order valence-electron chi connectivity index (χ1n) is 6.13. The number of hydrogen-bond donors (Lipinski definition) is 1. The molecule has 1 saturated heterocycles. The minimum absolute atomic E-state index is 0.0572. The van der Waals surface area contributed by atoms with Crippen molar-refractivity contribution in [2.75, 3.05) is 13.6 Å². The summed E-state index contributed by atoms with van der Waals surface area (Å²) in [6.07, 6.45) is 3.27. The van der Waals surface area contributed by atoms with Crippen LogP contribution in [0.4, 0.5) is 0 Å². The second kappa shape index (κ2) is 5.50. The van der Waals surface area contributed by atoms with E-state index in [-0.39, 0.29) is 11.9 Å². The summed E-state index contributed by atoms with van der Waals surface area (Å²) in [4.78, 5) is 14.0. The lowest BCUT2D eigenvalue weighted by Gasteiger charge is -2.31. The molecular weight excluding hydrogens is 188 g/mol. The SMILES string of the molecule is CCC(CC)C(C)N1CCC(NC)C1=O. The fourth-order valence-corrected chi connectivity index (χ4v) is 2.60. The lowest BCUT2D eigenvalue weighted by Crippen LogP contribution is -2.43. The molecule has 0 saturated carbocycles. The third-order valence-electron chi connectivity index (χ3n) is 3.81. The molecule has 0 aromatic carbocycles. The summed E-state index contributed by atoms with van der Waals surface area (Å²) in [5.74, 6) is 0.932. The van der Waals surface area contributed by atoms with Crippen LogP contribution >= 0.6 is 0 Å². The Bertz CT molecular complexity index is 214. The van der Waals surface area contributed by atoms with Crippen LogP contribution < -0.4 is 5.32 Å². The number of likely N-dealkylation sites (N-methyl/N-ethyl adjacent to an activating group) is 1. The summed E-state index contributed by atoms with van der Waals surface area (Å²) in [7, 11) is 1.87. The number of rotatable bonds is 5. The predicted octanol–water partition coefficient (Wildman–Crippen LogP) is 1.63. The largest absolute Gasteiger partial charge is 0.338 e. The number of nitrogens with zero attached hydrogens (tertiary/aromatic N) is 1. The second-order valence-electron chi connectivity index (χ2n) is 4.48. The van der Waals surface area contributed by atoms with Gasteiger partial charge in [-0.15, -0.1) is 0 Å². The Hall–Kier alpha value is -0.570. The highest BCUT2D eigenvalue weighted by atomic mass is 16.2. The van der Waals surface area contributed by atoms with E-state index in [1.54, 1.807) is 0 Å². The van der Waals surface area contributed by atoms with Gasteiger partial charge in [-0.25, -0.2) is 0 Å². The van der Waals surface area contributed by atoms with Crippen LogP contribution in [0.25, 0.3) is 0 Å². The molecule has 1 aliphatic heterocycles. The molecule has 1 heterocycles. The highest BCUT2D eigenvalue weighted by molar-refractivity contribution is 5.84. The molecule has 2 atom stereocenters. The molecule has 0 radical (unpaired) electrons. The minimum atomic E-state index is 0.0572. The standard InChI is InChI=1S/C12H24N2O/c1-5-10(6-2)9(3)14-8-7-11(13-4)12(14)15/h9-11,13H,5-8H2,1-4H3. The van der Waals surface area contributed by atoms with Crippen molar-refractivity contribution in [3.63, 3.8) is 0 Å². The number of amides is 1. The number of carbonyl (C=O) groups is 1. The Balaban J connectivity index is 2.61. The topological polar surface area (TPSA) is 32.3 Å². The fraction of sp³-hybridized carbons (Fsp3) is 0.917. The van der Waals surface area contributed by atoms with Gasteiger partial charge in [0, 0.05) is 12.6 Å². The summed E-state index contributed by atoms with van der Waals surface area (Å²) in [5, 5.41) is 3.08. The van der Waals surface area contributed by atoms with E-state index in [0.29, 0.717) is 12.0 Å². The van der Waals surface area contributed by atoms with Crippen LogP contribution in [0.15, 0.2) is 0 Å². The average molecular weight is 212 g/mol. The highest BCUT2D eigenvalue weighted by Gasteiger charge is 2.35. The lowest BCUT2D eigenvalue weighted by atomic mass is 9.94. The summed E-state index contributed by atoms with van der Waals surface area (Å²) in [5.41, 5.74) is 0. The average Bonchev–Trinajstić information content (AvgIpc) is 2.61. The Labute approximate surface area is 93.2 Å². The molecule has 1 rings (SSSR count). The zero-order valence-corrected chi connectivity index (χ0v) is 10.4. The summed E-state index contributed by atoms with van der Waals surface area (Å²) in [6, 6.07) is 0.452. The third kappa shape index (κ3) is 2.51. The van der Waals surface area contributed by atoms with Crippen LogP contribution in [0.2, 0.25) is 0 Å². The van der Waals surface area contributed by atoms with E-state index < -0.39 is 0 Å². The Morgan fingerprint density at radius 2 is 2.07 bits per heavy atom. The molecule has 88 valence electrons. The summed E-state index contributed by atoms with van der Waals surface area (Å²) < 4.78 is 0. The van der Waals surface area contributed by atoms with Gasteiger partial charge in [-0.05, 0) is 26.3 Å². The van der Waals surface area contributed by atoms with Gasteiger partial charge in [0.1, 0.15) is 0 Å². The zero-order valence-electron chi connectivity index (χ0n) is 10.4. The predicted molar refractivity (Wildman–Crippen MR) is 62.7 cm³/mol. The van der Waals surface area contributed by atoms with Crippen molar-refractivity contribution in [3.8, 4) is 0 Å². The molecule has 1 fully saturated rings. The van der Waals surface area contributed by atoms with Gasteiger partial charge < -0.3 is 10.2 Å². The van der Waals surface area contributed by atoms with Crippen LogP contribution in [0.3, 0.4) is 0 Å². The second-order valence-corrected chi connectivity index (χ2v) is 4.48. The van der Waals surface area contributed by atoms with Gasteiger partial charge in [0.2, 0.25) is 5.91 Å². The van der Waals surface area contributed by atoms with Gasteiger partial charge in [0.25, 0.3) is 0 Å². The molecule has 0 aromatic heterocycles. The van der Waals surface area contributed by atoms with Crippen molar-refractivity contribution in [3.05, 3.63) is 0 Å². The highest BCUT2D eigenvalue weighted by Crippen LogP contribution is 2.23. The van der Waals surface area contributed by atoms with Crippen LogP contribution in [0, 0.1) is 5.92 Å². The smallest absolute Gasteiger partial charge is 0.240 e. The Morgan fingerprint density at radius 3 is 2.47 bits per heavy atom. The van der Waals surface area contributed by atoms with Gasteiger partial charge in [-0.1, -0.05) is 26.7 Å². The van der Waals surface area contributed by atoms with Gasteiger partial charge >= 0.3 is 0 Å². The number of hydrogen-bond acceptors (Lipinski definition) is 2. The van der Waals surface area contributed by atoms with Crippen molar-refractivity contribution in [2.45, 2.75) is 52.1 Å². The number of carbonyl (C=O) groups excluding carboxylic acids is 1. The normalized spacial score (nSPS) is 23.9. The van der Waals surface area contributed by atoms with Crippen LogP contribution in [0.5, 0.6) is 0 Å². The van der Waals surface area contributed by atoms with Crippen LogP contribution in [-0.4, -0.2) is 36.5 Å². The zero-order chi connectivity index (χ0) is 11.4. The quantitative estimate of drug-likeness (QED) is 0.751. The fourth-order valence-electron chi connectivity index (χ4n) is 2.60. The van der Waals surface area contributed by atoms with Gasteiger partial charge in [-0.2, -0.15) is 0 Å². The van der Waals surface area contributed by atoms with E-state index in [4.69, 9.17) is 0 Å². The van der Waals surface area contributed by atoms with Crippen molar-refractivity contribution >= 4 is 5.91 Å². The van der Waals surface area contributed by atoms with E-state index in [0.717, 1.165) is 25.8 Å². The maximum atomic E-state index is 12.0. The summed E-state index contributed by atoms with van der Waals surface area (Å²) in [6.45, 7) is 7.52. The molecule has 1 N–H and O–H groups in total. The monoisotopic (exact) mass is 212 g/mol. The minimum Gasteiger partial charge on any atom is -0.338 e. The molecular formula is C12H24N2O. The lowest BCUT2D eigenvalue weighted by molar-refractivity contribution is -0.132. The summed E-state index contributed by atoms with van der Waals surface area (Å²) >= 11 is 0. The van der Waals surface area contributed by atoms with E-state index in [2.05, 4.69) is 31.0 Å². The van der Waals surface area contributed by atoms with Crippen molar-refractivity contribution in [1.29, 1.82) is 0 Å². The van der Waals surface area contributed by atoms with E-state index >= 15 is 0 Å². The number of likely N-dealkylation sites (tertiary alicyclic amines) is 1. The maximum Gasteiger partial charge on any atom is 0.240 e. The van der Waals surface area contributed by atoms with E-state index in [1.807, 2.05) is 7.05 Å². The van der Waals surface area contributed by atoms with Gasteiger partial charge in [0.15, 0.2) is 0 Å². The molecule has 3 heteroatoms. The Morgan fingerprint density at radius 1 is 1.47 bits per heavy atom. The first kappa shape index (κ1) is 12.5. The Kier molecular flexibility index (Phi) is 4.58. The van der Waals surface area contributed by atoms with Gasteiger partial charge in [0.05, 0.1) is 6.04 Å². The first-order valence-corrected chi connectivity index (χ1v) is 6.13. The number of nitrogens with one attached hydrogen (secondary N) is 1. The van der Waals surface area contributed by atoms with Crippen molar-refractivity contribution in [1.82, 2.24) is 10.2 Å². The molecule has 1 aliphatic rings. The van der Waals surface area contributed by atoms with Crippen LogP contribution in [-0.2, 0) is 4.79 Å².